The van der Waals surface area contributed by atoms with Crippen LogP contribution in [0.25, 0.3) is 27.9 Å². The van der Waals surface area contributed by atoms with Gasteiger partial charge in [-0.2, -0.15) is 0 Å². The van der Waals surface area contributed by atoms with Gasteiger partial charge in [0.05, 0.1) is 12.8 Å². The zero-order valence-corrected chi connectivity index (χ0v) is 20.2. The SMILES string of the molecule is C=CC(=O)Nc1ccc(-c2nn3ncnc(N)c3c2-c2ccc(NC(=O)CC3CC3(F)F)c(OC)c2)cc1. The molecule has 1 aliphatic rings. The van der Waals surface area contributed by atoms with Crippen molar-refractivity contribution in [2.75, 3.05) is 23.5 Å². The van der Waals surface area contributed by atoms with Crippen LogP contribution in [-0.2, 0) is 9.59 Å². The van der Waals surface area contributed by atoms with Gasteiger partial charge in [0, 0.05) is 35.6 Å². The van der Waals surface area contributed by atoms with Crippen LogP contribution in [0.2, 0.25) is 0 Å². The summed E-state index contributed by atoms with van der Waals surface area (Å²) in [6.45, 7) is 3.44. The van der Waals surface area contributed by atoms with Gasteiger partial charge in [0.15, 0.2) is 5.82 Å². The van der Waals surface area contributed by atoms with Gasteiger partial charge in [0.2, 0.25) is 11.8 Å². The maximum Gasteiger partial charge on any atom is 0.252 e. The molecule has 1 fully saturated rings. The summed E-state index contributed by atoms with van der Waals surface area (Å²) in [5.41, 5.74) is 10.1. The van der Waals surface area contributed by atoms with Gasteiger partial charge in [-0.15, -0.1) is 14.8 Å². The van der Waals surface area contributed by atoms with E-state index in [2.05, 4.69) is 32.4 Å². The van der Waals surface area contributed by atoms with Crippen LogP contribution in [0, 0.1) is 5.92 Å². The summed E-state index contributed by atoms with van der Waals surface area (Å²) in [5.74, 6) is -4.04. The van der Waals surface area contributed by atoms with Gasteiger partial charge in [0.25, 0.3) is 5.92 Å². The summed E-state index contributed by atoms with van der Waals surface area (Å²) in [6, 6.07) is 12.1. The lowest BCUT2D eigenvalue weighted by atomic mass is 9.99. The number of nitrogens with two attached hydrogens (primary N) is 1. The second kappa shape index (κ2) is 9.54. The molecule has 2 heterocycles. The van der Waals surface area contributed by atoms with E-state index < -0.39 is 17.7 Å². The van der Waals surface area contributed by atoms with Crippen LogP contribution in [0.4, 0.5) is 26.0 Å². The molecule has 4 aromatic rings. The molecule has 0 radical (unpaired) electrons. The number of carbonyl (C=O) groups excluding carboxylic acids is 2. The average Bonchev–Trinajstić information content (AvgIpc) is 3.30. The Kier molecular flexibility index (Phi) is 6.23. The van der Waals surface area contributed by atoms with E-state index in [1.807, 2.05) is 0 Å². The highest BCUT2D eigenvalue weighted by Crippen LogP contribution is 2.50. The van der Waals surface area contributed by atoms with E-state index in [4.69, 9.17) is 10.5 Å². The quantitative estimate of drug-likeness (QED) is 0.297. The lowest BCUT2D eigenvalue weighted by molar-refractivity contribution is -0.117. The van der Waals surface area contributed by atoms with Crippen molar-refractivity contribution in [1.82, 2.24) is 19.8 Å². The van der Waals surface area contributed by atoms with Crippen LogP contribution >= 0.6 is 0 Å². The van der Waals surface area contributed by atoms with E-state index in [9.17, 15) is 18.4 Å². The number of ether oxygens (including phenoxy) is 1. The largest absolute Gasteiger partial charge is 0.495 e. The van der Waals surface area contributed by atoms with Crippen LogP contribution < -0.4 is 21.1 Å². The number of halogens is 2. The number of nitrogens with one attached hydrogen (secondary N) is 2. The van der Waals surface area contributed by atoms with Crippen molar-refractivity contribution in [2.24, 2.45) is 5.92 Å². The number of aromatic nitrogens is 4. The van der Waals surface area contributed by atoms with Crippen molar-refractivity contribution in [3.8, 4) is 28.1 Å². The lowest BCUT2D eigenvalue weighted by Gasteiger charge is -2.13. The van der Waals surface area contributed by atoms with Crippen LogP contribution in [0.3, 0.4) is 0 Å². The van der Waals surface area contributed by atoms with Gasteiger partial charge in [-0.05, 0) is 35.9 Å². The summed E-state index contributed by atoms with van der Waals surface area (Å²) >= 11 is 0. The Balaban J connectivity index is 1.53. The summed E-state index contributed by atoms with van der Waals surface area (Å²) in [5, 5.41) is 14.1. The highest BCUT2D eigenvalue weighted by atomic mass is 19.3. The molecule has 2 amide bonds. The Bertz CT molecular complexity index is 1570. The summed E-state index contributed by atoms with van der Waals surface area (Å²) < 4.78 is 33.3. The van der Waals surface area contributed by atoms with E-state index in [-0.39, 0.29) is 24.6 Å². The number of methoxy groups -OCH3 is 1. The Hall–Kier alpha value is -4.87. The van der Waals surface area contributed by atoms with Crippen molar-refractivity contribution in [2.45, 2.75) is 18.8 Å². The maximum absolute atomic E-state index is 13.2. The molecule has 2 aromatic carbocycles. The molecule has 5 rings (SSSR count). The predicted molar refractivity (Wildman–Crippen MR) is 138 cm³/mol. The molecule has 1 aliphatic carbocycles. The minimum Gasteiger partial charge on any atom is -0.495 e. The molecule has 12 heteroatoms. The second-order valence-corrected chi connectivity index (χ2v) is 8.81. The van der Waals surface area contributed by atoms with E-state index >= 15 is 0 Å². The van der Waals surface area contributed by atoms with Crippen molar-refractivity contribution in [3.05, 3.63) is 61.4 Å². The molecule has 0 bridgehead atoms. The second-order valence-electron chi connectivity index (χ2n) is 8.81. The van der Waals surface area contributed by atoms with Crippen molar-refractivity contribution in [3.63, 3.8) is 0 Å². The fourth-order valence-electron chi connectivity index (χ4n) is 4.17. The van der Waals surface area contributed by atoms with Gasteiger partial charge in [-0.25, -0.2) is 13.8 Å². The van der Waals surface area contributed by atoms with Crippen molar-refractivity contribution in [1.29, 1.82) is 0 Å². The highest BCUT2D eigenvalue weighted by molar-refractivity contribution is 6.00. The number of carbonyl (C=O) groups is 2. The first-order valence-corrected chi connectivity index (χ1v) is 11.6. The zero-order valence-electron chi connectivity index (χ0n) is 20.2. The van der Waals surface area contributed by atoms with E-state index in [1.165, 1.54) is 24.1 Å². The fourth-order valence-corrected chi connectivity index (χ4v) is 4.17. The molecule has 10 nitrogen and oxygen atoms in total. The third-order valence-corrected chi connectivity index (χ3v) is 6.23. The van der Waals surface area contributed by atoms with Crippen LogP contribution in [0.15, 0.2) is 61.4 Å². The molecular formula is C26H23F2N7O3. The summed E-state index contributed by atoms with van der Waals surface area (Å²) in [4.78, 5) is 28.1. The van der Waals surface area contributed by atoms with Gasteiger partial charge >= 0.3 is 0 Å². The number of hydrogen-bond acceptors (Lipinski definition) is 7. The average molecular weight is 520 g/mol. The Morgan fingerprint density at radius 3 is 2.58 bits per heavy atom. The Morgan fingerprint density at radius 2 is 1.92 bits per heavy atom. The minimum atomic E-state index is -2.78. The first kappa shape index (κ1) is 24.8. The lowest BCUT2D eigenvalue weighted by Crippen LogP contribution is -2.14. The molecule has 0 saturated heterocycles. The maximum atomic E-state index is 13.2. The van der Waals surface area contributed by atoms with Crippen LogP contribution in [0.5, 0.6) is 5.75 Å². The van der Waals surface area contributed by atoms with Gasteiger partial charge < -0.3 is 21.1 Å². The number of benzene rings is 2. The molecule has 4 N–H and O–H groups in total. The fraction of sp³-hybridized carbons (Fsp3) is 0.192. The minimum absolute atomic E-state index is 0.199. The predicted octanol–water partition coefficient (Wildman–Crippen LogP) is 4.16. The standard InChI is InChI=1S/C26H23F2N7O3/c1-3-20(36)32-17-7-4-14(5-8-17)23-22(24-25(29)30-13-31-35(24)34-23)15-6-9-18(19(10-15)38-2)33-21(37)11-16-12-26(16,27)28/h3-10,13,16H,1,11-12H2,2H3,(H,32,36)(H,33,37)(H2,29,30,31). The van der Waals surface area contributed by atoms with Gasteiger partial charge in [-0.3, -0.25) is 9.59 Å². The summed E-state index contributed by atoms with van der Waals surface area (Å²) in [6.07, 6.45) is 1.92. The third-order valence-electron chi connectivity index (χ3n) is 6.23. The molecule has 0 spiro atoms. The third kappa shape index (κ3) is 4.75. The molecule has 2 aromatic heterocycles. The number of alkyl halides is 2. The number of anilines is 3. The number of nitrogen functional groups attached to an aromatic ring is 1. The molecule has 1 unspecified atom stereocenters. The van der Waals surface area contributed by atoms with Gasteiger partial charge in [-0.1, -0.05) is 24.8 Å². The van der Waals surface area contributed by atoms with Crippen molar-refractivity contribution >= 4 is 34.5 Å². The van der Waals surface area contributed by atoms with E-state index in [1.54, 1.807) is 42.5 Å². The summed E-state index contributed by atoms with van der Waals surface area (Å²) in [7, 11) is 1.44. The Labute approximate surface area is 215 Å². The number of rotatable bonds is 8. The molecular weight excluding hydrogens is 496 g/mol. The van der Waals surface area contributed by atoms with Crippen LogP contribution in [0.1, 0.15) is 12.8 Å². The Morgan fingerprint density at radius 1 is 1.21 bits per heavy atom. The zero-order chi connectivity index (χ0) is 27.0. The highest BCUT2D eigenvalue weighted by Gasteiger charge is 2.57. The monoisotopic (exact) mass is 519 g/mol. The molecule has 38 heavy (non-hydrogen) atoms. The van der Waals surface area contributed by atoms with E-state index in [0.717, 1.165) is 0 Å². The smallest absolute Gasteiger partial charge is 0.252 e. The number of nitrogens with zero attached hydrogens (tertiary/aromatic N) is 4. The molecule has 0 aliphatic heterocycles. The van der Waals surface area contributed by atoms with E-state index in [0.29, 0.717) is 45.0 Å². The number of fused-ring (bicyclic) bond motifs is 1. The number of amides is 2. The molecule has 1 saturated carbocycles. The molecule has 194 valence electrons. The number of hydrogen-bond donors (Lipinski definition) is 3. The van der Waals surface area contributed by atoms with Crippen LogP contribution in [-0.4, -0.2) is 44.7 Å². The first-order chi connectivity index (χ1) is 18.2. The first-order valence-electron chi connectivity index (χ1n) is 11.6. The normalized spacial score (nSPS) is 15.6. The van der Waals surface area contributed by atoms with Gasteiger partial charge in [0.1, 0.15) is 23.3 Å². The molecule has 1 atom stereocenters. The topological polar surface area (TPSA) is 137 Å². The van der Waals surface area contributed by atoms with Crippen molar-refractivity contribution < 1.29 is 23.1 Å².